The Morgan fingerprint density at radius 2 is 1.72 bits per heavy atom. The normalized spacial score (nSPS) is 19.0. The van der Waals surface area contributed by atoms with Gasteiger partial charge in [0.2, 0.25) is 5.91 Å². The molecule has 1 saturated heterocycles. The topological polar surface area (TPSA) is 70.1 Å². The third kappa shape index (κ3) is 4.72. The molecule has 25 heavy (non-hydrogen) atoms. The minimum Gasteiger partial charge on any atom is -0.508 e. The molecule has 2 fully saturated rings. The number of nitrogens with zero attached hydrogens (tertiary/aromatic N) is 2. The zero-order valence-electron chi connectivity index (χ0n) is 14.5. The van der Waals surface area contributed by atoms with Gasteiger partial charge in [0.05, 0.1) is 6.10 Å². The molecule has 0 bridgehead atoms. The third-order valence-electron chi connectivity index (χ3n) is 5.01. The van der Waals surface area contributed by atoms with E-state index in [0.717, 1.165) is 12.8 Å². The summed E-state index contributed by atoms with van der Waals surface area (Å²) < 4.78 is 5.76. The Balaban J connectivity index is 1.44. The molecule has 0 atom stereocenters. The lowest BCUT2D eigenvalue weighted by Gasteiger charge is -2.35. The van der Waals surface area contributed by atoms with Crippen molar-refractivity contribution in [2.45, 2.75) is 38.2 Å². The number of carbonyl (C=O) groups is 2. The Labute approximate surface area is 148 Å². The van der Waals surface area contributed by atoms with E-state index in [2.05, 4.69) is 0 Å². The number of phenols is 1. The number of piperazine rings is 1. The van der Waals surface area contributed by atoms with Gasteiger partial charge in [-0.25, -0.2) is 0 Å². The van der Waals surface area contributed by atoms with Crippen LogP contribution >= 0.6 is 0 Å². The van der Waals surface area contributed by atoms with Gasteiger partial charge >= 0.3 is 0 Å². The maximum absolute atomic E-state index is 12.4. The van der Waals surface area contributed by atoms with Gasteiger partial charge in [0.15, 0.2) is 0 Å². The molecule has 6 nitrogen and oxygen atoms in total. The summed E-state index contributed by atoms with van der Waals surface area (Å²) in [4.78, 5) is 28.2. The molecule has 1 aliphatic carbocycles. The van der Waals surface area contributed by atoms with Gasteiger partial charge in [0.25, 0.3) is 5.91 Å². The van der Waals surface area contributed by atoms with Crippen LogP contribution in [-0.2, 0) is 9.53 Å². The molecular weight excluding hydrogens is 320 g/mol. The number of amides is 2. The van der Waals surface area contributed by atoms with Gasteiger partial charge in [0, 0.05) is 31.7 Å². The minimum atomic E-state index is -0.110. The second kappa shape index (κ2) is 8.34. The van der Waals surface area contributed by atoms with Gasteiger partial charge in [-0.1, -0.05) is 25.3 Å². The summed E-state index contributed by atoms with van der Waals surface area (Å²) in [7, 11) is 0. The van der Waals surface area contributed by atoms with E-state index in [1.807, 2.05) is 0 Å². The predicted octanol–water partition coefficient (Wildman–Crippen LogP) is 2.03. The van der Waals surface area contributed by atoms with E-state index in [-0.39, 0.29) is 30.3 Å². The standard InChI is InChI=1S/C19H26N2O4/c22-16-6-4-5-15(13-16)19(24)21-11-9-20(10-12-21)18(23)14-25-17-7-2-1-3-8-17/h4-6,13,17,22H,1-3,7-12,14H2. The highest BCUT2D eigenvalue weighted by molar-refractivity contribution is 5.94. The van der Waals surface area contributed by atoms with E-state index < -0.39 is 0 Å². The van der Waals surface area contributed by atoms with Crippen LogP contribution in [0, 0.1) is 0 Å². The smallest absolute Gasteiger partial charge is 0.254 e. The van der Waals surface area contributed by atoms with Crippen molar-refractivity contribution in [3.63, 3.8) is 0 Å². The van der Waals surface area contributed by atoms with Gasteiger partial charge in [-0.15, -0.1) is 0 Å². The number of benzene rings is 1. The fourth-order valence-electron chi connectivity index (χ4n) is 3.49. The van der Waals surface area contributed by atoms with Crippen LogP contribution in [0.3, 0.4) is 0 Å². The van der Waals surface area contributed by atoms with Crippen molar-refractivity contribution in [3.05, 3.63) is 29.8 Å². The Morgan fingerprint density at radius 1 is 1.04 bits per heavy atom. The maximum atomic E-state index is 12.4. The fraction of sp³-hybridized carbons (Fsp3) is 0.579. The first-order valence-electron chi connectivity index (χ1n) is 9.11. The van der Waals surface area contributed by atoms with E-state index in [1.165, 1.54) is 25.3 Å². The summed E-state index contributed by atoms with van der Waals surface area (Å²) >= 11 is 0. The lowest BCUT2D eigenvalue weighted by Crippen LogP contribution is -2.51. The molecule has 2 amide bonds. The first-order chi connectivity index (χ1) is 12.1. The van der Waals surface area contributed by atoms with Crippen molar-refractivity contribution < 1.29 is 19.4 Å². The van der Waals surface area contributed by atoms with Gasteiger partial charge in [-0.3, -0.25) is 9.59 Å². The van der Waals surface area contributed by atoms with Gasteiger partial charge in [-0.05, 0) is 31.0 Å². The van der Waals surface area contributed by atoms with Gasteiger partial charge in [-0.2, -0.15) is 0 Å². The molecule has 0 unspecified atom stereocenters. The highest BCUT2D eigenvalue weighted by Crippen LogP contribution is 2.20. The minimum absolute atomic E-state index is 0.00929. The summed E-state index contributed by atoms with van der Waals surface area (Å²) in [6.45, 7) is 2.20. The van der Waals surface area contributed by atoms with E-state index in [9.17, 15) is 14.7 Å². The molecule has 0 radical (unpaired) electrons. The number of aromatic hydroxyl groups is 1. The monoisotopic (exact) mass is 346 g/mol. The van der Waals surface area contributed by atoms with E-state index >= 15 is 0 Å². The number of rotatable bonds is 4. The van der Waals surface area contributed by atoms with Crippen molar-refractivity contribution in [2.24, 2.45) is 0 Å². The molecule has 1 aromatic carbocycles. The quantitative estimate of drug-likeness (QED) is 0.906. The van der Waals surface area contributed by atoms with Crippen LogP contribution in [0.2, 0.25) is 0 Å². The van der Waals surface area contributed by atoms with E-state index in [4.69, 9.17) is 4.74 Å². The van der Waals surface area contributed by atoms with Crippen molar-refractivity contribution >= 4 is 11.8 Å². The average molecular weight is 346 g/mol. The summed E-state index contributed by atoms with van der Waals surface area (Å²) in [5.41, 5.74) is 0.473. The van der Waals surface area contributed by atoms with Crippen molar-refractivity contribution in [2.75, 3.05) is 32.8 Å². The maximum Gasteiger partial charge on any atom is 0.254 e. The Bertz CT molecular complexity index is 605. The number of phenolic OH excluding ortho intramolecular Hbond substituents is 1. The molecule has 1 aromatic rings. The molecule has 0 aromatic heterocycles. The van der Waals surface area contributed by atoms with Gasteiger partial charge < -0.3 is 19.6 Å². The van der Waals surface area contributed by atoms with Crippen molar-refractivity contribution in [3.8, 4) is 5.75 Å². The highest BCUT2D eigenvalue weighted by atomic mass is 16.5. The average Bonchev–Trinajstić information content (AvgIpc) is 2.66. The third-order valence-corrected chi connectivity index (χ3v) is 5.01. The molecule has 1 saturated carbocycles. The predicted molar refractivity (Wildman–Crippen MR) is 93.4 cm³/mol. The first kappa shape index (κ1) is 17.7. The summed E-state index contributed by atoms with van der Waals surface area (Å²) in [6, 6.07) is 6.36. The van der Waals surface area contributed by atoms with E-state index in [0.29, 0.717) is 31.7 Å². The van der Waals surface area contributed by atoms with Crippen LogP contribution < -0.4 is 0 Å². The van der Waals surface area contributed by atoms with E-state index in [1.54, 1.807) is 28.0 Å². The highest BCUT2D eigenvalue weighted by Gasteiger charge is 2.25. The molecular formula is C19H26N2O4. The second-order valence-corrected chi connectivity index (χ2v) is 6.79. The van der Waals surface area contributed by atoms with Crippen molar-refractivity contribution in [1.29, 1.82) is 0 Å². The van der Waals surface area contributed by atoms with Crippen LogP contribution in [0.25, 0.3) is 0 Å². The SMILES string of the molecule is O=C(COC1CCCCC1)N1CCN(C(=O)c2cccc(O)c2)CC1. The Hall–Kier alpha value is -2.08. The number of ether oxygens (including phenoxy) is 1. The van der Waals surface area contributed by atoms with Crippen LogP contribution in [0.1, 0.15) is 42.5 Å². The summed E-state index contributed by atoms with van der Waals surface area (Å²) in [5, 5.41) is 9.50. The molecule has 136 valence electrons. The zero-order valence-corrected chi connectivity index (χ0v) is 14.5. The van der Waals surface area contributed by atoms with Gasteiger partial charge in [0.1, 0.15) is 12.4 Å². The lowest BCUT2D eigenvalue weighted by molar-refractivity contribution is -0.140. The Kier molecular flexibility index (Phi) is 5.91. The molecule has 1 aliphatic heterocycles. The molecule has 1 heterocycles. The van der Waals surface area contributed by atoms with Crippen LogP contribution in [-0.4, -0.2) is 65.6 Å². The van der Waals surface area contributed by atoms with Crippen LogP contribution in [0.4, 0.5) is 0 Å². The lowest BCUT2D eigenvalue weighted by atomic mass is 9.98. The van der Waals surface area contributed by atoms with Crippen molar-refractivity contribution in [1.82, 2.24) is 9.80 Å². The zero-order chi connectivity index (χ0) is 17.6. The molecule has 1 N–H and O–H groups in total. The Morgan fingerprint density at radius 3 is 2.40 bits per heavy atom. The molecule has 0 spiro atoms. The van der Waals surface area contributed by atoms with Crippen LogP contribution in [0.5, 0.6) is 5.75 Å². The number of carbonyl (C=O) groups excluding carboxylic acids is 2. The molecule has 6 heteroatoms. The van der Waals surface area contributed by atoms with Crippen LogP contribution in [0.15, 0.2) is 24.3 Å². The summed E-state index contributed by atoms with van der Waals surface area (Å²) in [6.07, 6.45) is 5.98. The molecule has 2 aliphatic rings. The number of hydrogen-bond acceptors (Lipinski definition) is 4. The first-order valence-corrected chi connectivity index (χ1v) is 9.11. The number of hydrogen-bond donors (Lipinski definition) is 1. The largest absolute Gasteiger partial charge is 0.508 e. The molecule has 3 rings (SSSR count). The fourth-order valence-corrected chi connectivity index (χ4v) is 3.49. The summed E-state index contributed by atoms with van der Waals surface area (Å²) in [5.74, 6) is -0.0176. The second-order valence-electron chi connectivity index (χ2n) is 6.79.